The Morgan fingerprint density at radius 2 is 1.47 bits per heavy atom. The lowest BCUT2D eigenvalue weighted by atomic mass is 10.0. The van der Waals surface area contributed by atoms with E-state index in [-0.39, 0.29) is 34.3 Å². The number of nitrogen functional groups attached to an aromatic ring is 1. The molecular weight excluding hydrogens is 686 g/mol. The average molecular weight is 748 g/mol. The van der Waals surface area contributed by atoms with Crippen molar-refractivity contribution in [3.63, 3.8) is 0 Å². The lowest BCUT2D eigenvalue weighted by Crippen LogP contribution is -2.20. The number of hydrogen-bond acceptors (Lipinski definition) is 12. The Labute approximate surface area is 301 Å². The van der Waals surface area contributed by atoms with Gasteiger partial charge in [0.05, 0.1) is 31.7 Å². The third kappa shape index (κ3) is 20.1. The topological polar surface area (TPSA) is 150 Å². The van der Waals surface area contributed by atoms with Crippen molar-refractivity contribution < 1.29 is 32.6 Å². The first-order valence-electron chi connectivity index (χ1n) is 18.2. The van der Waals surface area contributed by atoms with Crippen molar-refractivity contribution in [1.82, 2.24) is 19.5 Å². The third-order valence-corrected chi connectivity index (χ3v) is 11.9. The quantitative estimate of drug-likeness (QED) is 0.0352. The second kappa shape index (κ2) is 26.1. The van der Waals surface area contributed by atoms with E-state index in [1.54, 1.807) is 24.7 Å². The van der Waals surface area contributed by atoms with Crippen molar-refractivity contribution in [2.24, 2.45) is 0 Å². The molecule has 2 rings (SSSR count). The number of anilines is 1. The van der Waals surface area contributed by atoms with Crippen LogP contribution in [0.1, 0.15) is 130 Å². The molecule has 0 bridgehead atoms. The van der Waals surface area contributed by atoms with E-state index in [2.05, 4.69) is 21.9 Å². The standard InChI is InChI=1S/C34H62N5O7PS2/c1-5-6-7-8-9-10-11-12-13-14-15-16-17-18-19-20-22-49(48)23-21-44-47(41,45-27-42-34(40)46-29(2)3)28-43-30(4)24-39-26-38-31-32(35)36-25-37-33(31)39/h25-26,29-30H,5-24,27-28H2,1-4H3,(H2,35,36,37)/t30-,47-,49?/m1/s1. The Morgan fingerprint density at radius 1 is 0.878 bits per heavy atom. The van der Waals surface area contributed by atoms with E-state index in [0.717, 1.165) is 12.2 Å². The largest absolute Gasteiger partial charge is 0.510 e. The third-order valence-electron chi connectivity index (χ3n) is 7.98. The number of fused-ring (bicyclic) bond motifs is 1. The Hall–Kier alpha value is -1.70. The first kappa shape index (κ1) is 43.5. The van der Waals surface area contributed by atoms with Gasteiger partial charge < -0.3 is 29.0 Å². The van der Waals surface area contributed by atoms with Crippen LogP contribution in [0.4, 0.5) is 10.6 Å². The molecule has 15 heteroatoms. The molecule has 0 spiro atoms. The second-order valence-corrected chi connectivity index (χ2v) is 17.9. The number of nitrogens with two attached hydrogens (primary N) is 1. The van der Waals surface area contributed by atoms with Gasteiger partial charge in [0.2, 0.25) is 6.79 Å². The van der Waals surface area contributed by atoms with Crippen LogP contribution in [-0.2, 0) is 55.0 Å². The Morgan fingerprint density at radius 3 is 2.06 bits per heavy atom. The first-order chi connectivity index (χ1) is 23.6. The zero-order valence-corrected chi connectivity index (χ0v) is 32.9. The summed E-state index contributed by atoms with van der Waals surface area (Å²) >= 11 is 5.68. The monoisotopic (exact) mass is 747 g/mol. The van der Waals surface area contributed by atoms with E-state index in [4.69, 9.17) is 40.2 Å². The van der Waals surface area contributed by atoms with Crippen molar-refractivity contribution in [1.29, 1.82) is 0 Å². The molecule has 0 aliphatic rings. The number of imidazole rings is 1. The maximum Gasteiger partial charge on any atom is 0.510 e. The summed E-state index contributed by atoms with van der Waals surface area (Å²) < 4.78 is 42.3. The van der Waals surface area contributed by atoms with E-state index < -0.39 is 26.6 Å². The number of unbranched alkanes of at least 4 members (excludes halogenated alkanes) is 15. The Bertz CT molecular complexity index is 1250. The van der Waals surface area contributed by atoms with E-state index in [1.165, 1.54) is 103 Å². The lowest BCUT2D eigenvalue weighted by molar-refractivity contribution is -0.0177. The number of nitrogens with zero attached hydrogens (tertiary/aromatic N) is 4. The molecule has 282 valence electrons. The Balaban J connectivity index is 1.64. The fourth-order valence-electron chi connectivity index (χ4n) is 5.26. The summed E-state index contributed by atoms with van der Waals surface area (Å²) in [6.45, 7) is 7.39. The smallest absolute Gasteiger partial charge is 0.432 e. The molecular formula is C34H62N5O7PS2. The number of carbonyl (C=O) groups is 1. The van der Waals surface area contributed by atoms with Crippen LogP contribution in [0.15, 0.2) is 12.7 Å². The summed E-state index contributed by atoms with van der Waals surface area (Å²) in [5, 5.41) is 0. The second-order valence-electron chi connectivity index (χ2n) is 12.8. The molecule has 0 fully saturated rings. The van der Waals surface area contributed by atoms with Gasteiger partial charge in [0.25, 0.3) is 0 Å². The highest BCUT2D eigenvalue weighted by atomic mass is 32.8. The molecule has 2 N–H and O–H groups in total. The zero-order valence-electron chi connectivity index (χ0n) is 30.4. The molecule has 49 heavy (non-hydrogen) atoms. The molecule has 2 aromatic rings. The molecule has 0 saturated heterocycles. The van der Waals surface area contributed by atoms with Crippen molar-refractivity contribution in [3.05, 3.63) is 12.7 Å². The van der Waals surface area contributed by atoms with Crippen molar-refractivity contribution >= 4 is 51.4 Å². The molecule has 0 aliphatic heterocycles. The minimum Gasteiger partial charge on any atom is -0.432 e. The van der Waals surface area contributed by atoms with Gasteiger partial charge in [-0.2, -0.15) is 0 Å². The van der Waals surface area contributed by atoms with E-state index in [9.17, 15) is 9.36 Å². The predicted molar refractivity (Wildman–Crippen MR) is 201 cm³/mol. The fourth-order valence-corrected chi connectivity index (χ4v) is 8.18. The summed E-state index contributed by atoms with van der Waals surface area (Å²) in [5.74, 6) is 1.80. The van der Waals surface area contributed by atoms with Gasteiger partial charge in [0, 0.05) is 5.75 Å². The first-order valence-corrected chi connectivity index (χ1v) is 22.4. The number of aromatic nitrogens is 4. The summed E-state index contributed by atoms with van der Waals surface area (Å²) in [5.41, 5.74) is 6.95. The molecule has 0 amide bonds. The summed E-state index contributed by atoms with van der Waals surface area (Å²) in [4.78, 5) is 24.2. The van der Waals surface area contributed by atoms with E-state index in [1.807, 2.05) is 6.92 Å². The van der Waals surface area contributed by atoms with Gasteiger partial charge in [-0.05, 0) is 32.9 Å². The Kier molecular flexibility index (Phi) is 23.2. The van der Waals surface area contributed by atoms with Gasteiger partial charge >= 0.3 is 13.8 Å². The van der Waals surface area contributed by atoms with Crippen LogP contribution < -0.4 is 5.73 Å². The highest BCUT2D eigenvalue weighted by Gasteiger charge is 2.28. The SMILES string of the molecule is CCCCCCCCCCCCCCCCCCS(=S)CCO[P@](=O)(CO[C@H](C)Cn1cnc2c(N)ncnc21)OCOC(=O)OC(C)C. The molecule has 0 radical (unpaired) electrons. The van der Waals surface area contributed by atoms with Crippen molar-refractivity contribution in [2.75, 3.05) is 37.0 Å². The van der Waals surface area contributed by atoms with E-state index >= 15 is 0 Å². The molecule has 2 heterocycles. The lowest BCUT2D eigenvalue weighted by Gasteiger charge is -2.21. The molecule has 12 nitrogen and oxygen atoms in total. The van der Waals surface area contributed by atoms with Crippen LogP contribution >= 0.6 is 7.60 Å². The van der Waals surface area contributed by atoms with Crippen LogP contribution in [-0.4, -0.2) is 69.1 Å². The number of carbonyl (C=O) groups excluding carboxylic acids is 1. The van der Waals surface area contributed by atoms with Crippen LogP contribution in [0.25, 0.3) is 11.2 Å². The maximum atomic E-state index is 13.6. The molecule has 3 atom stereocenters. The van der Waals surface area contributed by atoms with E-state index in [0.29, 0.717) is 23.5 Å². The number of hydrogen-bond donors (Lipinski definition) is 1. The van der Waals surface area contributed by atoms with Gasteiger partial charge in [-0.25, -0.2) is 19.7 Å². The van der Waals surface area contributed by atoms with Gasteiger partial charge in [0.1, 0.15) is 18.2 Å². The molecule has 1 unspecified atom stereocenters. The molecule has 0 saturated carbocycles. The van der Waals surface area contributed by atoms with Gasteiger partial charge in [0.15, 0.2) is 11.5 Å². The van der Waals surface area contributed by atoms with Gasteiger partial charge in [-0.3, -0.25) is 9.09 Å². The van der Waals surface area contributed by atoms with Crippen LogP contribution in [0.3, 0.4) is 0 Å². The minimum absolute atomic E-state index is 0.152. The fraction of sp³-hybridized carbons (Fsp3) is 0.824. The maximum absolute atomic E-state index is 13.6. The van der Waals surface area contributed by atoms with Crippen LogP contribution in [0.5, 0.6) is 0 Å². The zero-order chi connectivity index (χ0) is 35.7. The highest BCUT2D eigenvalue weighted by molar-refractivity contribution is 8.28. The van der Waals surface area contributed by atoms with Gasteiger partial charge in [-0.1, -0.05) is 114 Å². The molecule has 0 aromatic carbocycles. The minimum atomic E-state index is -3.80. The van der Waals surface area contributed by atoms with Crippen molar-refractivity contribution in [3.8, 4) is 0 Å². The molecule has 0 aliphatic carbocycles. The van der Waals surface area contributed by atoms with Crippen molar-refractivity contribution in [2.45, 2.75) is 149 Å². The van der Waals surface area contributed by atoms with Gasteiger partial charge in [-0.15, -0.1) is 9.45 Å². The number of rotatable bonds is 30. The van der Waals surface area contributed by atoms with Crippen LogP contribution in [0, 0.1) is 0 Å². The molecule has 2 aromatic heterocycles. The normalized spacial score (nSPS) is 14.2. The number of ether oxygens (including phenoxy) is 3. The van der Waals surface area contributed by atoms with Crippen LogP contribution in [0.2, 0.25) is 0 Å². The summed E-state index contributed by atoms with van der Waals surface area (Å²) in [6.07, 6.45) is 22.3. The summed E-state index contributed by atoms with van der Waals surface area (Å²) in [7, 11) is -4.09. The predicted octanol–water partition coefficient (Wildman–Crippen LogP) is 8.86. The average Bonchev–Trinajstić information content (AvgIpc) is 3.47. The summed E-state index contributed by atoms with van der Waals surface area (Å²) in [6, 6.07) is 0. The highest BCUT2D eigenvalue weighted by Crippen LogP contribution is 2.48.